The molecule has 1 aliphatic heterocycles. The van der Waals surface area contributed by atoms with Crippen LogP contribution >= 0.6 is 0 Å². The van der Waals surface area contributed by atoms with Crippen molar-refractivity contribution in [3.63, 3.8) is 0 Å². The quantitative estimate of drug-likeness (QED) is 0.617. The van der Waals surface area contributed by atoms with Gasteiger partial charge in [-0.05, 0) is 55.1 Å². The highest BCUT2D eigenvalue weighted by Gasteiger charge is 2.27. The van der Waals surface area contributed by atoms with Crippen LogP contribution in [-0.2, 0) is 4.79 Å². The van der Waals surface area contributed by atoms with Gasteiger partial charge in [0.1, 0.15) is 5.82 Å². The number of amides is 1. The smallest absolute Gasteiger partial charge is 0.238 e. The third-order valence-electron chi connectivity index (χ3n) is 5.61. The van der Waals surface area contributed by atoms with Gasteiger partial charge in [0.25, 0.3) is 0 Å². The van der Waals surface area contributed by atoms with Crippen LogP contribution in [0.25, 0.3) is 11.4 Å². The first-order valence-corrected chi connectivity index (χ1v) is 10.7. The van der Waals surface area contributed by atoms with E-state index in [2.05, 4.69) is 34.2 Å². The number of hydrogen-bond acceptors (Lipinski definition) is 5. The van der Waals surface area contributed by atoms with Crippen LogP contribution in [0.3, 0.4) is 0 Å². The zero-order valence-electron chi connectivity index (χ0n) is 17.8. The SMILES string of the molecule is CC(C)c1ccc(NC(=O)CN2CCCC(c3nc(-c4cccc(F)c4)no3)C2)cc1. The lowest BCUT2D eigenvalue weighted by atomic mass is 9.98. The van der Waals surface area contributed by atoms with Crippen molar-refractivity contribution in [2.45, 2.75) is 38.5 Å². The topological polar surface area (TPSA) is 71.3 Å². The number of halogens is 1. The molecule has 1 aromatic heterocycles. The summed E-state index contributed by atoms with van der Waals surface area (Å²) in [7, 11) is 0. The van der Waals surface area contributed by atoms with E-state index in [1.54, 1.807) is 12.1 Å². The number of likely N-dealkylation sites (tertiary alicyclic amines) is 1. The van der Waals surface area contributed by atoms with E-state index in [0.717, 1.165) is 25.1 Å². The third kappa shape index (κ3) is 5.35. The first kappa shape index (κ1) is 21.2. The molecule has 0 spiro atoms. The van der Waals surface area contributed by atoms with Gasteiger partial charge in [-0.3, -0.25) is 9.69 Å². The van der Waals surface area contributed by atoms with Crippen molar-refractivity contribution in [1.82, 2.24) is 15.0 Å². The summed E-state index contributed by atoms with van der Waals surface area (Å²) in [6.07, 6.45) is 1.86. The van der Waals surface area contributed by atoms with Crippen LogP contribution in [0, 0.1) is 5.82 Å². The van der Waals surface area contributed by atoms with Gasteiger partial charge in [-0.1, -0.05) is 43.3 Å². The van der Waals surface area contributed by atoms with E-state index in [1.807, 2.05) is 24.3 Å². The monoisotopic (exact) mass is 422 g/mol. The predicted molar refractivity (Wildman–Crippen MR) is 117 cm³/mol. The van der Waals surface area contributed by atoms with Crippen molar-refractivity contribution in [3.8, 4) is 11.4 Å². The molecular weight excluding hydrogens is 395 g/mol. The second-order valence-corrected chi connectivity index (χ2v) is 8.37. The molecule has 1 fully saturated rings. The number of carbonyl (C=O) groups excluding carboxylic acids is 1. The molecule has 1 N–H and O–H groups in total. The number of piperidine rings is 1. The minimum Gasteiger partial charge on any atom is -0.339 e. The Kier molecular flexibility index (Phi) is 6.42. The van der Waals surface area contributed by atoms with Gasteiger partial charge >= 0.3 is 0 Å². The van der Waals surface area contributed by atoms with Crippen LogP contribution in [0.4, 0.5) is 10.1 Å². The number of rotatable bonds is 6. The fraction of sp³-hybridized carbons (Fsp3) is 0.375. The van der Waals surface area contributed by atoms with E-state index in [9.17, 15) is 9.18 Å². The molecule has 0 aliphatic carbocycles. The highest BCUT2D eigenvalue weighted by molar-refractivity contribution is 5.92. The maximum Gasteiger partial charge on any atom is 0.238 e. The second-order valence-electron chi connectivity index (χ2n) is 8.37. The summed E-state index contributed by atoms with van der Waals surface area (Å²) >= 11 is 0. The van der Waals surface area contributed by atoms with Crippen molar-refractivity contribution >= 4 is 11.6 Å². The normalized spacial score (nSPS) is 17.1. The van der Waals surface area contributed by atoms with Gasteiger partial charge < -0.3 is 9.84 Å². The summed E-state index contributed by atoms with van der Waals surface area (Å²) in [5.41, 5.74) is 2.64. The number of aromatic nitrogens is 2. The van der Waals surface area contributed by atoms with Crippen LogP contribution in [0.2, 0.25) is 0 Å². The van der Waals surface area contributed by atoms with Crippen molar-refractivity contribution in [1.29, 1.82) is 0 Å². The Morgan fingerprint density at radius 1 is 1.26 bits per heavy atom. The number of hydrogen-bond donors (Lipinski definition) is 1. The molecule has 0 radical (unpaired) electrons. The summed E-state index contributed by atoms with van der Waals surface area (Å²) in [6.45, 7) is 6.12. The Balaban J connectivity index is 1.35. The first-order chi connectivity index (χ1) is 15.0. The Morgan fingerprint density at radius 3 is 2.81 bits per heavy atom. The Morgan fingerprint density at radius 2 is 2.06 bits per heavy atom. The van der Waals surface area contributed by atoms with Crippen LogP contribution in [-0.4, -0.2) is 40.6 Å². The van der Waals surface area contributed by atoms with Gasteiger partial charge in [-0.15, -0.1) is 0 Å². The van der Waals surface area contributed by atoms with E-state index < -0.39 is 0 Å². The van der Waals surface area contributed by atoms with E-state index >= 15 is 0 Å². The molecule has 1 atom stereocenters. The molecule has 7 heteroatoms. The number of nitrogens with one attached hydrogen (secondary N) is 1. The fourth-order valence-electron chi connectivity index (χ4n) is 3.90. The molecule has 0 bridgehead atoms. The Labute approximate surface area is 181 Å². The van der Waals surface area contributed by atoms with Crippen molar-refractivity contribution in [3.05, 3.63) is 65.8 Å². The summed E-state index contributed by atoms with van der Waals surface area (Å²) in [5.74, 6) is 1.06. The molecule has 31 heavy (non-hydrogen) atoms. The lowest BCUT2D eigenvalue weighted by Gasteiger charge is -2.30. The molecule has 1 unspecified atom stereocenters. The second kappa shape index (κ2) is 9.39. The van der Waals surface area contributed by atoms with Gasteiger partial charge in [0.15, 0.2) is 0 Å². The van der Waals surface area contributed by atoms with Gasteiger partial charge in [0.05, 0.1) is 12.5 Å². The molecule has 6 nitrogen and oxygen atoms in total. The van der Waals surface area contributed by atoms with E-state index in [4.69, 9.17) is 4.52 Å². The molecule has 162 valence electrons. The molecule has 3 aromatic rings. The number of nitrogens with zero attached hydrogens (tertiary/aromatic N) is 3. The van der Waals surface area contributed by atoms with Crippen LogP contribution in [0.15, 0.2) is 53.1 Å². The van der Waals surface area contributed by atoms with Crippen molar-refractivity contribution in [2.75, 3.05) is 25.0 Å². The van der Waals surface area contributed by atoms with Gasteiger partial charge in [-0.2, -0.15) is 4.98 Å². The Bertz CT molecular complexity index is 1030. The highest BCUT2D eigenvalue weighted by Crippen LogP contribution is 2.27. The summed E-state index contributed by atoms with van der Waals surface area (Å²) in [6, 6.07) is 14.1. The maximum atomic E-state index is 13.5. The lowest BCUT2D eigenvalue weighted by Crippen LogP contribution is -2.39. The lowest BCUT2D eigenvalue weighted by molar-refractivity contribution is -0.117. The van der Waals surface area contributed by atoms with Gasteiger partial charge in [-0.25, -0.2) is 4.39 Å². The minimum absolute atomic E-state index is 0.0380. The molecular formula is C24H27FN4O2. The molecule has 2 aromatic carbocycles. The summed E-state index contributed by atoms with van der Waals surface area (Å²) < 4.78 is 18.9. The van der Waals surface area contributed by atoms with Crippen molar-refractivity contribution < 1.29 is 13.7 Å². The molecule has 1 saturated heterocycles. The van der Waals surface area contributed by atoms with E-state index in [1.165, 1.54) is 17.7 Å². The zero-order chi connectivity index (χ0) is 21.8. The largest absolute Gasteiger partial charge is 0.339 e. The van der Waals surface area contributed by atoms with Crippen LogP contribution in [0.1, 0.15) is 50.0 Å². The first-order valence-electron chi connectivity index (χ1n) is 10.7. The average Bonchev–Trinajstić information content (AvgIpc) is 3.25. The summed E-state index contributed by atoms with van der Waals surface area (Å²) in [5, 5.41) is 6.99. The summed E-state index contributed by atoms with van der Waals surface area (Å²) in [4.78, 5) is 19.1. The number of anilines is 1. The zero-order valence-corrected chi connectivity index (χ0v) is 17.8. The molecule has 2 heterocycles. The molecule has 1 amide bonds. The third-order valence-corrected chi connectivity index (χ3v) is 5.61. The number of carbonyl (C=O) groups is 1. The van der Waals surface area contributed by atoms with E-state index in [0.29, 0.717) is 36.3 Å². The van der Waals surface area contributed by atoms with Crippen molar-refractivity contribution in [2.24, 2.45) is 0 Å². The Hall–Kier alpha value is -3.06. The van der Waals surface area contributed by atoms with E-state index in [-0.39, 0.29) is 17.6 Å². The number of benzene rings is 2. The molecule has 1 aliphatic rings. The predicted octanol–water partition coefficient (Wildman–Crippen LogP) is 4.82. The fourth-order valence-corrected chi connectivity index (χ4v) is 3.90. The maximum absolute atomic E-state index is 13.5. The van der Waals surface area contributed by atoms with Gasteiger partial charge in [0, 0.05) is 17.8 Å². The van der Waals surface area contributed by atoms with Crippen LogP contribution < -0.4 is 5.32 Å². The molecule has 0 saturated carbocycles. The average molecular weight is 423 g/mol. The van der Waals surface area contributed by atoms with Crippen LogP contribution in [0.5, 0.6) is 0 Å². The molecule has 4 rings (SSSR count). The standard InChI is InChI=1S/C24H27FN4O2/c1-16(2)17-8-10-21(11-9-17)26-22(30)15-29-12-4-6-19(14-29)24-27-23(28-31-24)18-5-3-7-20(25)13-18/h3,5,7-11,13,16,19H,4,6,12,14-15H2,1-2H3,(H,26,30). The highest BCUT2D eigenvalue weighted by atomic mass is 19.1. The minimum atomic E-state index is -0.336. The van der Waals surface area contributed by atoms with Gasteiger partial charge in [0.2, 0.25) is 17.6 Å².